The summed E-state index contributed by atoms with van der Waals surface area (Å²) in [6.07, 6.45) is 15.6. The van der Waals surface area contributed by atoms with E-state index in [1.165, 1.54) is 158 Å². The van der Waals surface area contributed by atoms with Crippen LogP contribution in [0.15, 0.2) is 194 Å². The molecule has 0 aromatic heterocycles. The van der Waals surface area contributed by atoms with Crippen LogP contribution in [-0.4, -0.2) is 28.0 Å². The van der Waals surface area contributed by atoms with Gasteiger partial charge in [-0.3, -0.25) is 0 Å². The number of fused-ring (bicyclic) bond motifs is 6. The summed E-state index contributed by atoms with van der Waals surface area (Å²) in [5.41, 5.74) is 19.8. The first kappa shape index (κ1) is 62.0. The smallest absolute Gasteiger partial charge is 0.0425 e. The number of anilines is 3. The van der Waals surface area contributed by atoms with Crippen molar-refractivity contribution >= 4 is 38.6 Å². The lowest BCUT2D eigenvalue weighted by Crippen LogP contribution is -2.30. The van der Waals surface area contributed by atoms with Gasteiger partial charge in [0, 0.05) is 28.6 Å². The van der Waals surface area contributed by atoms with E-state index in [0.717, 1.165) is 18.9 Å². The Labute approximate surface area is 497 Å². The quantitative estimate of drug-likeness (QED) is 0.139. The SMILES string of the molecule is CCCCC.Cc1ccc(-c2cc3c(c4ccccc24)CC(c2ccc(-c4cc5c(c6ccccc46)CC(c4ccc(N(c6ccccc6)C6(C)CC6)cc4)C(C)C5C)cc2)C(C)C3C)cc1.O.O.O.c1ccc(NC2CCCCC2)cc1. The molecule has 0 spiro atoms. The van der Waals surface area contributed by atoms with Crippen LogP contribution in [-0.2, 0) is 12.8 Å². The molecular weight excluding hydrogens is 1010 g/mol. The van der Waals surface area contributed by atoms with Gasteiger partial charge in [0.15, 0.2) is 0 Å². The van der Waals surface area contributed by atoms with Crippen LogP contribution in [0.3, 0.4) is 0 Å². The summed E-state index contributed by atoms with van der Waals surface area (Å²) in [7, 11) is 0. The third kappa shape index (κ3) is 13.2. The van der Waals surface area contributed by atoms with Crippen LogP contribution < -0.4 is 10.2 Å². The van der Waals surface area contributed by atoms with Crippen molar-refractivity contribution in [3.8, 4) is 22.3 Å². The van der Waals surface area contributed by atoms with Gasteiger partial charge in [-0.15, -0.1) is 0 Å². The lowest BCUT2D eigenvalue weighted by atomic mass is 9.66. The van der Waals surface area contributed by atoms with Crippen molar-refractivity contribution in [1.29, 1.82) is 0 Å². The van der Waals surface area contributed by atoms with E-state index in [1.807, 2.05) is 0 Å². The maximum Gasteiger partial charge on any atom is 0.0425 e. The molecule has 9 aromatic carbocycles. The fourth-order valence-corrected chi connectivity index (χ4v) is 14.2. The molecule has 2 saturated carbocycles. The fraction of sp³-hybridized carbons (Fsp3) is 0.359. The highest BCUT2D eigenvalue weighted by Gasteiger charge is 2.44. The minimum atomic E-state index is 0. The van der Waals surface area contributed by atoms with Crippen LogP contribution in [0.2, 0.25) is 0 Å². The average molecular weight is 1110 g/mol. The first-order chi connectivity index (χ1) is 39.0. The molecule has 0 radical (unpaired) electrons. The van der Waals surface area contributed by atoms with Gasteiger partial charge in [-0.1, -0.05) is 231 Å². The molecule has 4 aliphatic rings. The Hall–Kier alpha value is -7.02. The van der Waals surface area contributed by atoms with Crippen molar-refractivity contribution in [3.63, 3.8) is 0 Å². The van der Waals surface area contributed by atoms with Crippen LogP contribution in [0, 0.1) is 18.8 Å². The van der Waals surface area contributed by atoms with Gasteiger partial charge in [-0.05, 0) is 214 Å². The van der Waals surface area contributed by atoms with Crippen LogP contribution >= 0.6 is 0 Å². The monoisotopic (exact) mass is 1110 g/mol. The summed E-state index contributed by atoms with van der Waals surface area (Å²) in [5.74, 6) is 2.90. The van der Waals surface area contributed by atoms with Gasteiger partial charge in [0.05, 0.1) is 0 Å². The molecule has 7 N–H and O–H groups in total. The van der Waals surface area contributed by atoms with Gasteiger partial charge in [0.25, 0.3) is 0 Å². The predicted octanol–water partition coefficient (Wildman–Crippen LogP) is 19.6. The summed E-state index contributed by atoms with van der Waals surface area (Å²) >= 11 is 0. The van der Waals surface area contributed by atoms with Gasteiger partial charge >= 0.3 is 0 Å². The zero-order valence-corrected chi connectivity index (χ0v) is 50.9. The van der Waals surface area contributed by atoms with E-state index in [-0.39, 0.29) is 22.0 Å². The Balaban J connectivity index is 0.000000368. The number of hydrogen-bond acceptors (Lipinski definition) is 2. The number of hydrogen-bond donors (Lipinski definition) is 1. The third-order valence-electron chi connectivity index (χ3n) is 19.6. The van der Waals surface area contributed by atoms with E-state index in [4.69, 9.17) is 0 Å². The topological polar surface area (TPSA) is 110 Å². The third-order valence-corrected chi connectivity index (χ3v) is 19.6. The largest absolute Gasteiger partial charge is 0.412 e. The lowest BCUT2D eigenvalue weighted by Gasteiger charge is -2.38. The van der Waals surface area contributed by atoms with Crippen LogP contribution in [0.4, 0.5) is 17.1 Å². The molecule has 2 fully saturated rings. The van der Waals surface area contributed by atoms with Crippen molar-refractivity contribution in [3.05, 3.63) is 233 Å². The lowest BCUT2D eigenvalue weighted by molar-refractivity contribution is 0.370. The Morgan fingerprint density at radius 1 is 0.470 bits per heavy atom. The highest BCUT2D eigenvalue weighted by Crippen LogP contribution is 2.52. The highest BCUT2D eigenvalue weighted by atomic mass is 16.0. The number of benzene rings is 9. The summed E-state index contributed by atoms with van der Waals surface area (Å²) < 4.78 is 0. The average Bonchev–Trinajstić information content (AvgIpc) is 3.30. The zero-order valence-electron chi connectivity index (χ0n) is 50.9. The van der Waals surface area contributed by atoms with E-state index in [2.05, 4.69) is 260 Å². The first-order valence-corrected chi connectivity index (χ1v) is 31.1. The molecule has 6 atom stereocenters. The van der Waals surface area contributed by atoms with Crippen LogP contribution in [0.5, 0.6) is 0 Å². The maximum absolute atomic E-state index is 3.58. The Bertz CT molecular complexity index is 3490. The molecular formula is C78H94N2O3. The van der Waals surface area contributed by atoms with Crippen LogP contribution in [0.25, 0.3) is 43.8 Å². The number of nitrogens with one attached hydrogen (secondary N) is 1. The molecule has 6 unspecified atom stereocenters. The summed E-state index contributed by atoms with van der Waals surface area (Å²) in [6.45, 7) is 18.9. The van der Waals surface area contributed by atoms with Crippen molar-refractivity contribution in [2.24, 2.45) is 11.8 Å². The molecule has 5 nitrogen and oxygen atoms in total. The molecule has 434 valence electrons. The highest BCUT2D eigenvalue weighted by molar-refractivity contribution is 6.01. The van der Waals surface area contributed by atoms with E-state index < -0.39 is 0 Å². The predicted molar refractivity (Wildman–Crippen MR) is 357 cm³/mol. The van der Waals surface area contributed by atoms with Crippen molar-refractivity contribution in [2.45, 2.75) is 168 Å². The number of rotatable bonds is 11. The minimum absolute atomic E-state index is 0. The van der Waals surface area contributed by atoms with E-state index in [1.54, 1.807) is 5.56 Å². The number of unbranched alkanes of at least 4 members (excludes halogenated alkanes) is 2. The molecule has 0 heterocycles. The molecule has 5 heteroatoms. The number of para-hydroxylation sites is 2. The summed E-state index contributed by atoms with van der Waals surface area (Å²) in [5, 5.41) is 9.16. The number of nitrogens with zero attached hydrogens (tertiary/aromatic N) is 1. The Morgan fingerprint density at radius 3 is 1.33 bits per heavy atom. The second-order valence-electron chi connectivity index (χ2n) is 24.9. The second kappa shape index (κ2) is 27.6. The molecule has 13 rings (SSSR count). The van der Waals surface area contributed by atoms with Gasteiger partial charge in [-0.2, -0.15) is 0 Å². The van der Waals surface area contributed by atoms with E-state index in [9.17, 15) is 0 Å². The van der Waals surface area contributed by atoms with E-state index in [0.29, 0.717) is 35.5 Å². The van der Waals surface area contributed by atoms with E-state index >= 15 is 0 Å². The minimum Gasteiger partial charge on any atom is -0.412 e. The molecule has 9 aromatic rings. The molecule has 83 heavy (non-hydrogen) atoms. The standard InChI is InChI=1S/C61H59N.C12H17N.C5H12.3H2O/c1-38-20-22-45(23-21-38)57-36-55-41(4)39(2)53(34-59(55)51-18-12-10-16-49(51)57)43-24-26-46(27-25-43)58-37-56-42(5)40(3)54(35-60(56)52-19-13-11-17-50(52)58)44-28-30-48(31-29-44)62(61(6)32-33-61)47-14-8-7-9-15-47;1-3-7-11(8-4-1)13-12-9-5-2-6-10-12;1-3-5-4-2;;;/h7-31,36-37,39-42,53-54H,32-35H2,1-6H3;1,3-4,7-8,12-13H,2,5-6,9-10H2;3-5H2,1-2H3;3*1H2. The Kier molecular flexibility index (Phi) is 20.6. The van der Waals surface area contributed by atoms with Gasteiger partial charge in [0.1, 0.15) is 0 Å². The molecule has 4 aliphatic carbocycles. The zero-order chi connectivity index (χ0) is 55.3. The molecule has 0 saturated heterocycles. The van der Waals surface area contributed by atoms with Gasteiger partial charge in [0.2, 0.25) is 0 Å². The number of aryl methyl sites for hydroxylation is 1. The van der Waals surface area contributed by atoms with Crippen molar-refractivity contribution < 1.29 is 16.4 Å². The van der Waals surface area contributed by atoms with Gasteiger partial charge in [-0.25, -0.2) is 0 Å². The van der Waals surface area contributed by atoms with Gasteiger partial charge < -0.3 is 26.6 Å². The molecule has 0 amide bonds. The van der Waals surface area contributed by atoms with Crippen molar-refractivity contribution in [1.82, 2.24) is 0 Å². The molecule has 0 aliphatic heterocycles. The normalized spacial score (nSPS) is 20.2. The fourth-order valence-electron chi connectivity index (χ4n) is 14.2. The Morgan fingerprint density at radius 2 is 0.880 bits per heavy atom. The first-order valence-electron chi connectivity index (χ1n) is 31.1. The van der Waals surface area contributed by atoms with Crippen LogP contribution in [0.1, 0.15) is 175 Å². The van der Waals surface area contributed by atoms with Crippen molar-refractivity contribution in [2.75, 3.05) is 10.2 Å². The summed E-state index contributed by atoms with van der Waals surface area (Å²) in [6, 6.07) is 74.2. The maximum atomic E-state index is 3.58. The second-order valence-corrected chi connectivity index (χ2v) is 24.9. The molecule has 0 bridgehead atoms. The summed E-state index contributed by atoms with van der Waals surface area (Å²) in [4.78, 5) is 2.57.